The first kappa shape index (κ1) is 27.7. The number of aryl methyl sites for hydroxylation is 2. The second-order valence-electron chi connectivity index (χ2n) is 10.4. The summed E-state index contributed by atoms with van der Waals surface area (Å²) in [4.78, 5) is 30.6. The molecule has 40 heavy (non-hydrogen) atoms. The summed E-state index contributed by atoms with van der Waals surface area (Å²) in [7, 11) is 3.93. The van der Waals surface area contributed by atoms with Crippen LogP contribution < -0.4 is 10.2 Å². The lowest BCUT2D eigenvalue weighted by molar-refractivity contribution is -0.122. The molecular formula is C32H35N5O2S. The lowest BCUT2D eigenvalue weighted by Crippen LogP contribution is -2.43. The smallest absolute Gasteiger partial charge is 0.240 e. The lowest BCUT2D eigenvalue weighted by atomic mass is 9.97. The van der Waals surface area contributed by atoms with E-state index in [-0.39, 0.29) is 29.4 Å². The van der Waals surface area contributed by atoms with Gasteiger partial charge in [-0.25, -0.2) is 4.68 Å². The van der Waals surface area contributed by atoms with Crippen molar-refractivity contribution in [1.82, 2.24) is 20.0 Å². The van der Waals surface area contributed by atoms with Crippen molar-refractivity contribution in [2.75, 3.05) is 44.4 Å². The lowest BCUT2D eigenvalue weighted by Gasteiger charge is -2.23. The van der Waals surface area contributed by atoms with Crippen LogP contribution in [0.4, 0.5) is 5.82 Å². The van der Waals surface area contributed by atoms with Crippen molar-refractivity contribution in [2.24, 2.45) is 0 Å². The average molecular weight is 554 g/mol. The van der Waals surface area contributed by atoms with Crippen molar-refractivity contribution in [1.29, 1.82) is 0 Å². The van der Waals surface area contributed by atoms with E-state index in [1.165, 1.54) is 0 Å². The quantitative estimate of drug-likeness (QED) is 0.333. The third kappa shape index (κ3) is 5.83. The van der Waals surface area contributed by atoms with E-state index in [9.17, 15) is 9.59 Å². The van der Waals surface area contributed by atoms with Crippen LogP contribution in [-0.4, -0.2) is 66.0 Å². The molecule has 206 valence electrons. The molecule has 5 rings (SSSR count). The van der Waals surface area contributed by atoms with Crippen LogP contribution >= 0.6 is 11.8 Å². The first-order valence-electron chi connectivity index (χ1n) is 13.5. The number of anilines is 1. The number of rotatable bonds is 8. The Bertz CT molecular complexity index is 1500. The number of likely N-dealkylation sites (N-methyl/N-ethyl adjacent to an activating group) is 1. The highest BCUT2D eigenvalue weighted by atomic mass is 32.2. The van der Waals surface area contributed by atoms with Gasteiger partial charge in [-0.05, 0) is 51.2 Å². The van der Waals surface area contributed by atoms with Gasteiger partial charge in [0.1, 0.15) is 12.4 Å². The number of hydrogen-bond acceptors (Lipinski definition) is 5. The van der Waals surface area contributed by atoms with Crippen molar-refractivity contribution in [3.63, 3.8) is 0 Å². The van der Waals surface area contributed by atoms with Gasteiger partial charge < -0.3 is 10.2 Å². The highest BCUT2D eigenvalue weighted by molar-refractivity contribution is 8.00. The fraction of sp³-hybridized carbons (Fsp3) is 0.281. The maximum atomic E-state index is 13.8. The number of nitrogens with zero attached hydrogens (tertiary/aromatic N) is 4. The Morgan fingerprint density at radius 1 is 1.00 bits per heavy atom. The fourth-order valence-electron chi connectivity index (χ4n) is 4.94. The monoisotopic (exact) mass is 553 g/mol. The van der Waals surface area contributed by atoms with E-state index < -0.39 is 0 Å². The zero-order chi connectivity index (χ0) is 28.2. The summed E-state index contributed by atoms with van der Waals surface area (Å²) in [5.74, 6) is 0.589. The molecule has 1 atom stereocenters. The van der Waals surface area contributed by atoms with Gasteiger partial charge in [-0.15, -0.1) is 11.8 Å². The van der Waals surface area contributed by atoms with Crippen LogP contribution in [0.25, 0.3) is 16.9 Å². The summed E-state index contributed by atoms with van der Waals surface area (Å²) >= 11 is 1.59. The minimum atomic E-state index is -0.196. The van der Waals surface area contributed by atoms with Crippen LogP contribution in [0.1, 0.15) is 27.5 Å². The average Bonchev–Trinajstić information content (AvgIpc) is 3.27. The molecule has 2 heterocycles. The maximum absolute atomic E-state index is 13.8. The van der Waals surface area contributed by atoms with Gasteiger partial charge in [0.05, 0.1) is 22.4 Å². The van der Waals surface area contributed by atoms with Crippen molar-refractivity contribution in [3.8, 4) is 16.9 Å². The molecule has 0 fully saturated rings. The molecule has 8 heteroatoms. The summed E-state index contributed by atoms with van der Waals surface area (Å²) < 4.78 is 1.85. The Labute approximate surface area is 240 Å². The number of carbonyl (C=O) groups is 2. The Kier molecular flexibility index (Phi) is 8.38. The van der Waals surface area contributed by atoms with Crippen molar-refractivity contribution in [2.45, 2.75) is 19.1 Å². The van der Waals surface area contributed by atoms with Gasteiger partial charge >= 0.3 is 0 Å². The Balaban J connectivity index is 1.73. The van der Waals surface area contributed by atoms with Gasteiger partial charge in [0, 0.05) is 24.2 Å². The molecule has 4 aromatic rings. The normalized spacial score (nSPS) is 15.2. The molecule has 7 nitrogen and oxygen atoms in total. The predicted octanol–water partition coefficient (Wildman–Crippen LogP) is 5.00. The Morgan fingerprint density at radius 3 is 2.40 bits per heavy atom. The third-order valence-corrected chi connectivity index (χ3v) is 8.31. The largest absolute Gasteiger partial charge is 0.353 e. The van der Waals surface area contributed by atoms with Crippen LogP contribution in [0.5, 0.6) is 0 Å². The summed E-state index contributed by atoms with van der Waals surface area (Å²) in [6.07, 6.45) is 0. The van der Waals surface area contributed by atoms with Gasteiger partial charge in [0.25, 0.3) is 0 Å². The summed E-state index contributed by atoms with van der Waals surface area (Å²) in [5.41, 5.74) is 6.98. The predicted molar refractivity (Wildman–Crippen MR) is 163 cm³/mol. The van der Waals surface area contributed by atoms with Crippen LogP contribution in [0, 0.1) is 13.8 Å². The van der Waals surface area contributed by atoms with E-state index in [0.717, 1.165) is 45.7 Å². The topological polar surface area (TPSA) is 70.5 Å². The number of benzene rings is 3. The molecule has 0 radical (unpaired) electrons. The second kappa shape index (κ2) is 12.1. The van der Waals surface area contributed by atoms with E-state index in [1.54, 1.807) is 16.7 Å². The molecule has 0 saturated carbocycles. The summed E-state index contributed by atoms with van der Waals surface area (Å²) in [6, 6.07) is 26.5. The van der Waals surface area contributed by atoms with Crippen LogP contribution in [-0.2, 0) is 9.59 Å². The molecule has 0 unspecified atom stereocenters. The summed E-state index contributed by atoms with van der Waals surface area (Å²) in [6.45, 7) is 5.29. The Morgan fingerprint density at radius 2 is 1.70 bits per heavy atom. The second-order valence-corrected chi connectivity index (χ2v) is 11.5. The minimum absolute atomic E-state index is 0.0773. The highest BCUT2D eigenvalue weighted by Gasteiger charge is 2.38. The fourth-order valence-corrected chi connectivity index (χ4v) is 6.23. The first-order chi connectivity index (χ1) is 19.3. The van der Waals surface area contributed by atoms with E-state index in [2.05, 4.69) is 24.4 Å². The van der Waals surface area contributed by atoms with E-state index in [0.29, 0.717) is 12.4 Å². The van der Waals surface area contributed by atoms with Crippen molar-refractivity contribution >= 4 is 29.4 Å². The molecule has 0 aliphatic carbocycles. The first-order valence-corrected chi connectivity index (χ1v) is 14.5. The molecule has 1 aliphatic rings. The molecule has 0 saturated heterocycles. The number of aromatic nitrogens is 2. The van der Waals surface area contributed by atoms with Crippen LogP contribution in [0.2, 0.25) is 0 Å². The Hall–Kier alpha value is -3.88. The number of hydrogen-bond donors (Lipinski definition) is 1. The number of amides is 2. The number of carbonyl (C=O) groups excluding carboxylic acids is 2. The van der Waals surface area contributed by atoms with Gasteiger partial charge in [-0.1, -0.05) is 72.3 Å². The number of thioether (sulfide) groups is 1. The minimum Gasteiger partial charge on any atom is -0.353 e. The van der Waals surface area contributed by atoms with Gasteiger partial charge in [-0.3, -0.25) is 14.5 Å². The molecular weight excluding hydrogens is 518 g/mol. The molecule has 2 amide bonds. The highest BCUT2D eigenvalue weighted by Crippen LogP contribution is 2.49. The van der Waals surface area contributed by atoms with Crippen molar-refractivity contribution < 1.29 is 9.59 Å². The van der Waals surface area contributed by atoms with Gasteiger partial charge in [0.15, 0.2) is 0 Å². The van der Waals surface area contributed by atoms with Crippen LogP contribution in [0.15, 0.2) is 78.9 Å². The standard InChI is InChI=1S/C32H35N5O2S/c1-22-14-16-25(17-15-22)37-32-29(30(34-37)24-11-6-5-7-12-24)31(26-13-9-8-10-23(26)2)40-21-28(39)36(32)20-27(38)33-18-19-35(3)4/h5-17,31H,18-21H2,1-4H3,(H,33,38)/t31-/m1/s1. The zero-order valence-corrected chi connectivity index (χ0v) is 24.2. The molecule has 1 aliphatic heterocycles. The molecule has 1 aromatic heterocycles. The maximum Gasteiger partial charge on any atom is 0.240 e. The number of fused-ring (bicyclic) bond motifs is 1. The van der Waals surface area contributed by atoms with Crippen LogP contribution in [0.3, 0.4) is 0 Å². The zero-order valence-electron chi connectivity index (χ0n) is 23.4. The van der Waals surface area contributed by atoms with E-state index >= 15 is 0 Å². The SMILES string of the molecule is Cc1ccc(-n2nc(-c3ccccc3)c3c2N(CC(=O)NCCN(C)C)C(=O)CS[C@@H]3c2ccccc2C)cc1. The molecule has 1 N–H and O–H groups in total. The number of nitrogens with one attached hydrogen (secondary N) is 1. The van der Waals surface area contributed by atoms with E-state index in [4.69, 9.17) is 5.10 Å². The van der Waals surface area contributed by atoms with Crippen molar-refractivity contribution in [3.05, 3.63) is 101 Å². The summed E-state index contributed by atoms with van der Waals surface area (Å²) in [5, 5.41) is 7.99. The van der Waals surface area contributed by atoms with Gasteiger partial charge in [-0.2, -0.15) is 5.10 Å². The van der Waals surface area contributed by atoms with E-state index in [1.807, 2.05) is 97.3 Å². The molecule has 3 aromatic carbocycles. The molecule has 0 spiro atoms. The van der Waals surface area contributed by atoms with Gasteiger partial charge in [0.2, 0.25) is 11.8 Å². The molecule has 0 bridgehead atoms. The third-order valence-electron chi connectivity index (χ3n) is 7.07.